The number of aromatic nitrogens is 1. The monoisotopic (exact) mass is 334 g/mol. The highest BCUT2D eigenvalue weighted by Gasteiger charge is 2.12. The third-order valence-corrected chi connectivity index (χ3v) is 4.62. The molecular formula is C16H15FN2O3S. The summed E-state index contributed by atoms with van der Waals surface area (Å²) >= 11 is 0. The van der Waals surface area contributed by atoms with E-state index in [0.717, 1.165) is 11.1 Å². The van der Waals surface area contributed by atoms with Gasteiger partial charge in [-0.2, -0.15) is 0 Å². The molecule has 2 aromatic carbocycles. The molecule has 120 valence electrons. The lowest BCUT2D eigenvalue weighted by Gasteiger charge is -2.07. The van der Waals surface area contributed by atoms with Crippen molar-refractivity contribution in [2.75, 3.05) is 0 Å². The minimum atomic E-state index is -3.51. The first-order valence-corrected chi connectivity index (χ1v) is 8.64. The van der Waals surface area contributed by atoms with Crippen molar-refractivity contribution < 1.29 is 17.2 Å². The van der Waals surface area contributed by atoms with Crippen LogP contribution in [0.1, 0.15) is 17.0 Å². The molecule has 0 aliphatic heterocycles. The highest BCUT2D eigenvalue weighted by atomic mass is 32.2. The van der Waals surface area contributed by atoms with Crippen LogP contribution in [0.4, 0.5) is 4.39 Å². The molecule has 7 heteroatoms. The van der Waals surface area contributed by atoms with Gasteiger partial charge in [0, 0.05) is 13.5 Å². The largest absolute Gasteiger partial charge is 0.441 e. The van der Waals surface area contributed by atoms with Crippen LogP contribution in [0, 0.1) is 12.7 Å². The molecule has 0 fully saturated rings. The Hall–Kier alpha value is -2.25. The van der Waals surface area contributed by atoms with Crippen LogP contribution >= 0.6 is 0 Å². The molecule has 1 aromatic heterocycles. The van der Waals surface area contributed by atoms with E-state index in [4.69, 9.17) is 4.42 Å². The smallest absolute Gasteiger partial charge is 0.216 e. The number of fused-ring (bicyclic) bond motifs is 1. The highest BCUT2D eigenvalue weighted by molar-refractivity contribution is 7.88. The van der Waals surface area contributed by atoms with Crippen LogP contribution in [-0.4, -0.2) is 13.4 Å². The van der Waals surface area contributed by atoms with Gasteiger partial charge in [-0.15, -0.1) is 0 Å². The lowest BCUT2D eigenvalue weighted by atomic mass is 10.2. The zero-order chi connectivity index (χ0) is 16.4. The molecule has 0 spiro atoms. The average molecular weight is 334 g/mol. The summed E-state index contributed by atoms with van der Waals surface area (Å²) in [5, 5.41) is 0. The quantitative estimate of drug-likeness (QED) is 0.779. The van der Waals surface area contributed by atoms with E-state index in [0.29, 0.717) is 17.0 Å². The van der Waals surface area contributed by atoms with Crippen LogP contribution in [0.15, 0.2) is 46.9 Å². The van der Waals surface area contributed by atoms with Crippen LogP contribution in [0.3, 0.4) is 0 Å². The zero-order valence-electron chi connectivity index (χ0n) is 12.4. The van der Waals surface area contributed by atoms with Gasteiger partial charge in [-0.25, -0.2) is 22.5 Å². The second-order valence-electron chi connectivity index (χ2n) is 5.24. The molecular weight excluding hydrogens is 319 g/mol. The van der Waals surface area contributed by atoms with Gasteiger partial charge >= 0.3 is 0 Å². The Morgan fingerprint density at radius 3 is 2.57 bits per heavy atom. The molecule has 0 unspecified atom stereocenters. The molecule has 3 rings (SSSR count). The van der Waals surface area contributed by atoms with Crippen LogP contribution in [0.5, 0.6) is 0 Å². The lowest BCUT2D eigenvalue weighted by Crippen LogP contribution is -2.24. The summed E-state index contributed by atoms with van der Waals surface area (Å²) < 4.78 is 45.0. The fourth-order valence-corrected chi connectivity index (χ4v) is 3.36. The average Bonchev–Trinajstić information content (AvgIpc) is 2.87. The van der Waals surface area contributed by atoms with Crippen molar-refractivity contribution in [3.05, 3.63) is 65.3 Å². The van der Waals surface area contributed by atoms with Crippen LogP contribution in [0.25, 0.3) is 11.1 Å². The number of nitrogens with one attached hydrogen (secondary N) is 1. The summed E-state index contributed by atoms with van der Waals surface area (Å²) in [5.74, 6) is -0.0273. The Morgan fingerprint density at radius 2 is 1.83 bits per heavy atom. The third kappa shape index (κ3) is 3.94. The fourth-order valence-electron chi connectivity index (χ4n) is 2.24. The second-order valence-corrected chi connectivity index (χ2v) is 7.05. The van der Waals surface area contributed by atoms with E-state index in [1.807, 2.05) is 0 Å². The molecule has 0 saturated carbocycles. The predicted octanol–water partition coefficient (Wildman–Crippen LogP) is 2.89. The van der Waals surface area contributed by atoms with Crippen molar-refractivity contribution >= 4 is 21.1 Å². The maximum absolute atomic E-state index is 12.8. The van der Waals surface area contributed by atoms with Gasteiger partial charge in [0.15, 0.2) is 11.5 Å². The zero-order valence-corrected chi connectivity index (χ0v) is 13.2. The molecule has 1 heterocycles. The third-order valence-electron chi connectivity index (χ3n) is 3.33. The van der Waals surface area contributed by atoms with Crippen molar-refractivity contribution in [2.24, 2.45) is 0 Å². The summed E-state index contributed by atoms with van der Waals surface area (Å²) in [5.41, 5.74) is 2.66. The van der Waals surface area contributed by atoms with Gasteiger partial charge < -0.3 is 4.42 Å². The number of nitrogens with zero attached hydrogens (tertiary/aromatic N) is 1. The summed E-state index contributed by atoms with van der Waals surface area (Å²) in [7, 11) is -3.51. The Bertz CT molecular complexity index is 934. The van der Waals surface area contributed by atoms with Gasteiger partial charge in [0.1, 0.15) is 11.3 Å². The molecule has 0 radical (unpaired) electrons. The van der Waals surface area contributed by atoms with E-state index in [1.54, 1.807) is 25.1 Å². The van der Waals surface area contributed by atoms with E-state index in [2.05, 4.69) is 9.71 Å². The Labute approximate surface area is 133 Å². The molecule has 0 saturated heterocycles. The van der Waals surface area contributed by atoms with Crippen molar-refractivity contribution in [1.29, 1.82) is 0 Å². The van der Waals surface area contributed by atoms with Gasteiger partial charge in [-0.1, -0.05) is 18.2 Å². The number of sulfonamides is 1. The van der Waals surface area contributed by atoms with Gasteiger partial charge in [0.25, 0.3) is 0 Å². The van der Waals surface area contributed by atoms with Crippen LogP contribution in [-0.2, 0) is 22.3 Å². The molecule has 5 nitrogen and oxygen atoms in total. The number of halogens is 1. The summed E-state index contributed by atoms with van der Waals surface area (Å²) in [6, 6.07) is 10.7. The first-order valence-electron chi connectivity index (χ1n) is 6.99. The normalized spacial score (nSPS) is 11.9. The Balaban J connectivity index is 1.68. The predicted molar refractivity (Wildman–Crippen MR) is 84.6 cm³/mol. The number of aryl methyl sites for hydroxylation is 1. The van der Waals surface area contributed by atoms with E-state index in [1.165, 1.54) is 24.3 Å². The van der Waals surface area contributed by atoms with Gasteiger partial charge in [-0.3, -0.25) is 0 Å². The Morgan fingerprint density at radius 1 is 1.13 bits per heavy atom. The molecule has 0 bridgehead atoms. The molecule has 0 aliphatic carbocycles. The van der Waals surface area contributed by atoms with Gasteiger partial charge in [-0.05, 0) is 35.4 Å². The molecule has 3 aromatic rings. The van der Waals surface area contributed by atoms with Crippen LogP contribution < -0.4 is 4.72 Å². The minimum Gasteiger partial charge on any atom is -0.441 e. The molecule has 0 aliphatic rings. The lowest BCUT2D eigenvalue weighted by molar-refractivity contribution is 0.560. The Kier molecular flexibility index (Phi) is 4.14. The summed E-state index contributed by atoms with van der Waals surface area (Å²) in [4.78, 5) is 4.19. The topological polar surface area (TPSA) is 72.2 Å². The molecule has 0 amide bonds. The van der Waals surface area contributed by atoms with E-state index in [-0.39, 0.29) is 12.3 Å². The van der Waals surface area contributed by atoms with Gasteiger partial charge in [0.2, 0.25) is 10.0 Å². The van der Waals surface area contributed by atoms with Crippen molar-refractivity contribution in [1.82, 2.24) is 9.71 Å². The number of rotatable bonds is 5. The van der Waals surface area contributed by atoms with E-state index < -0.39 is 15.8 Å². The minimum absolute atomic E-state index is 0.152. The van der Waals surface area contributed by atoms with Crippen molar-refractivity contribution in [3.8, 4) is 0 Å². The van der Waals surface area contributed by atoms with Crippen LogP contribution in [0.2, 0.25) is 0 Å². The second kappa shape index (κ2) is 6.10. The molecule has 1 N–H and O–H groups in total. The van der Waals surface area contributed by atoms with Crippen molar-refractivity contribution in [2.45, 2.75) is 19.2 Å². The fraction of sp³-hybridized carbons (Fsp3) is 0.188. The number of hydrogen-bond acceptors (Lipinski definition) is 4. The number of hydrogen-bond donors (Lipinski definition) is 1. The van der Waals surface area contributed by atoms with Crippen molar-refractivity contribution in [3.63, 3.8) is 0 Å². The molecule has 0 atom stereocenters. The molecule has 23 heavy (non-hydrogen) atoms. The van der Waals surface area contributed by atoms with E-state index >= 15 is 0 Å². The van der Waals surface area contributed by atoms with E-state index in [9.17, 15) is 12.8 Å². The SMILES string of the molecule is Cc1nc2ccc(CNS(=O)(=O)Cc3ccc(F)cc3)cc2o1. The standard InChI is InChI=1S/C16H15FN2O3S/c1-11-19-15-7-4-13(8-16(15)22-11)9-18-23(20,21)10-12-2-5-14(17)6-3-12/h2-8,18H,9-10H2,1H3. The first kappa shape index (κ1) is 15.6. The first-order chi connectivity index (χ1) is 10.9. The summed E-state index contributed by atoms with van der Waals surface area (Å²) in [6.07, 6.45) is 0. The number of oxazole rings is 1. The van der Waals surface area contributed by atoms with Gasteiger partial charge in [0.05, 0.1) is 5.75 Å². The maximum atomic E-state index is 12.8. The number of benzene rings is 2. The summed E-state index contributed by atoms with van der Waals surface area (Å²) in [6.45, 7) is 1.91. The maximum Gasteiger partial charge on any atom is 0.216 e. The highest BCUT2D eigenvalue weighted by Crippen LogP contribution is 2.17.